The van der Waals surface area contributed by atoms with E-state index in [-0.39, 0.29) is 28.8 Å². The summed E-state index contributed by atoms with van der Waals surface area (Å²) < 4.78 is 33.2. The van der Waals surface area contributed by atoms with Crippen molar-refractivity contribution < 1.29 is 23.1 Å². The van der Waals surface area contributed by atoms with Crippen LogP contribution in [0.1, 0.15) is 24.8 Å². The van der Waals surface area contributed by atoms with Crippen LogP contribution >= 0.6 is 11.6 Å². The first kappa shape index (κ1) is 21.4. The largest absolute Gasteiger partial charge is 0.504 e. The van der Waals surface area contributed by atoms with Crippen LogP contribution in [-0.4, -0.2) is 43.4 Å². The first-order valence-electron chi connectivity index (χ1n) is 9.24. The number of phenols is 1. The molecular formula is C20H23ClN2O5S. The van der Waals surface area contributed by atoms with Crippen LogP contribution in [0.25, 0.3) is 0 Å². The Balaban J connectivity index is 2.03. The molecule has 1 fully saturated rings. The van der Waals surface area contributed by atoms with Crippen LogP contribution < -0.4 is 10.1 Å². The zero-order valence-corrected chi connectivity index (χ0v) is 17.5. The average Bonchev–Trinajstić information content (AvgIpc) is 2.91. The predicted molar refractivity (Wildman–Crippen MR) is 109 cm³/mol. The highest BCUT2D eigenvalue weighted by Gasteiger charge is 2.36. The van der Waals surface area contributed by atoms with Gasteiger partial charge >= 0.3 is 0 Å². The van der Waals surface area contributed by atoms with Crippen LogP contribution in [0.4, 0.5) is 0 Å². The molecule has 0 aliphatic carbocycles. The first-order chi connectivity index (χ1) is 13.8. The number of halogens is 1. The molecule has 3 rings (SSSR count). The molecule has 156 valence electrons. The minimum atomic E-state index is -3.98. The van der Waals surface area contributed by atoms with Gasteiger partial charge in [-0.15, -0.1) is 0 Å². The lowest BCUT2D eigenvalue weighted by atomic mass is 10.1. The number of methoxy groups -OCH3 is 1. The van der Waals surface area contributed by atoms with Gasteiger partial charge in [0, 0.05) is 18.1 Å². The maximum absolute atomic E-state index is 13.4. The van der Waals surface area contributed by atoms with Gasteiger partial charge in [-0.2, -0.15) is 4.31 Å². The van der Waals surface area contributed by atoms with Crippen molar-refractivity contribution >= 4 is 27.5 Å². The molecule has 2 aromatic rings. The highest BCUT2D eigenvalue weighted by Crippen LogP contribution is 2.30. The molecule has 9 heteroatoms. The second-order valence-electron chi connectivity index (χ2n) is 6.81. The molecule has 0 spiro atoms. The maximum atomic E-state index is 13.4. The molecular weight excluding hydrogens is 416 g/mol. The van der Waals surface area contributed by atoms with Gasteiger partial charge in [0.2, 0.25) is 15.9 Å². The van der Waals surface area contributed by atoms with E-state index >= 15 is 0 Å². The van der Waals surface area contributed by atoms with Gasteiger partial charge in [0.1, 0.15) is 6.04 Å². The third-order valence-corrected chi connectivity index (χ3v) is 6.98. The Labute approximate surface area is 175 Å². The first-order valence-corrected chi connectivity index (χ1v) is 11.1. The van der Waals surface area contributed by atoms with Crippen LogP contribution in [0, 0.1) is 0 Å². The number of hydrogen-bond donors (Lipinski definition) is 2. The molecule has 0 aromatic heterocycles. The second kappa shape index (κ2) is 9.02. The molecule has 2 aromatic carbocycles. The lowest BCUT2D eigenvalue weighted by Gasteiger charge is -2.29. The summed E-state index contributed by atoms with van der Waals surface area (Å²) in [4.78, 5) is 12.7. The third-order valence-electron chi connectivity index (χ3n) is 4.86. The zero-order valence-electron chi connectivity index (χ0n) is 16.0. The Hall–Kier alpha value is -2.29. The van der Waals surface area contributed by atoms with Gasteiger partial charge < -0.3 is 15.2 Å². The number of ether oxygens (including phenoxy) is 1. The molecule has 2 N–H and O–H groups in total. The van der Waals surface area contributed by atoms with Gasteiger partial charge in [-0.05, 0) is 61.2 Å². The van der Waals surface area contributed by atoms with Crippen molar-refractivity contribution in [3.63, 3.8) is 0 Å². The topological polar surface area (TPSA) is 95.9 Å². The van der Waals surface area contributed by atoms with Gasteiger partial charge in [0.15, 0.2) is 11.5 Å². The lowest BCUT2D eigenvalue weighted by molar-refractivity contribution is -0.124. The minimum absolute atomic E-state index is 0.0420. The number of hydrogen-bond acceptors (Lipinski definition) is 5. The summed E-state index contributed by atoms with van der Waals surface area (Å²) in [6, 6.07) is 9.64. The minimum Gasteiger partial charge on any atom is -0.504 e. The van der Waals surface area contributed by atoms with Gasteiger partial charge in [-0.25, -0.2) is 8.42 Å². The van der Waals surface area contributed by atoms with Crippen LogP contribution in [0.2, 0.25) is 5.02 Å². The number of rotatable bonds is 6. The average molecular weight is 439 g/mol. The third kappa shape index (κ3) is 4.83. The second-order valence-corrected chi connectivity index (χ2v) is 9.14. The number of nitrogens with zero attached hydrogens (tertiary/aromatic N) is 1. The zero-order chi connectivity index (χ0) is 21.0. The number of phenolic OH excluding ortho intramolecular Hbond substituents is 1. The maximum Gasteiger partial charge on any atom is 0.244 e. The summed E-state index contributed by atoms with van der Waals surface area (Å²) in [5, 5.41) is 13.0. The molecule has 1 saturated heterocycles. The fraction of sp³-hybridized carbons (Fsp3) is 0.350. The number of benzene rings is 2. The summed E-state index contributed by atoms with van der Waals surface area (Å²) >= 11 is 5.90. The van der Waals surface area contributed by atoms with Crippen molar-refractivity contribution in [3.05, 3.63) is 53.1 Å². The molecule has 1 unspecified atom stereocenters. The summed E-state index contributed by atoms with van der Waals surface area (Å²) in [5.74, 6) is -0.127. The van der Waals surface area contributed by atoms with Gasteiger partial charge in [-0.3, -0.25) is 4.79 Å². The van der Waals surface area contributed by atoms with E-state index in [9.17, 15) is 18.3 Å². The predicted octanol–water partition coefficient (Wildman–Crippen LogP) is 2.91. The molecule has 29 heavy (non-hydrogen) atoms. The molecule has 1 aliphatic heterocycles. The molecule has 0 radical (unpaired) electrons. The Kier molecular flexibility index (Phi) is 6.66. The van der Waals surface area contributed by atoms with Crippen molar-refractivity contribution in [3.8, 4) is 11.5 Å². The molecule has 1 heterocycles. The Bertz CT molecular complexity index is 979. The van der Waals surface area contributed by atoms with E-state index in [1.807, 2.05) is 0 Å². The van der Waals surface area contributed by atoms with Crippen LogP contribution in [0.15, 0.2) is 47.4 Å². The van der Waals surface area contributed by atoms with Crippen LogP contribution in [0.3, 0.4) is 0 Å². The van der Waals surface area contributed by atoms with Gasteiger partial charge in [-0.1, -0.05) is 17.7 Å². The summed E-state index contributed by atoms with van der Waals surface area (Å²) in [6.07, 6.45) is 1.95. The van der Waals surface area contributed by atoms with E-state index in [2.05, 4.69) is 5.32 Å². The summed E-state index contributed by atoms with van der Waals surface area (Å²) in [5.41, 5.74) is 0.592. The highest BCUT2D eigenvalue weighted by atomic mass is 35.5. The molecule has 7 nitrogen and oxygen atoms in total. The fourth-order valence-corrected chi connectivity index (χ4v) is 5.03. The normalized spacial score (nSPS) is 17.6. The lowest BCUT2D eigenvalue weighted by Crippen LogP contribution is -2.48. The van der Waals surface area contributed by atoms with Crippen molar-refractivity contribution in [1.29, 1.82) is 0 Å². The molecule has 1 aliphatic rings. The summed E-state index contributed by atoms with van der Waals surface area (Å²) in [6.45, 7) is 0.483. The standard InChI is InChI=1S/C20H23ClN2O5S/c1-28-19-12-14(5-10-18(19)24)13-23(17-4-2-3-11-22-20(17)25)29(26,27)16-8-6-15(21)7-9-16/h5-10,12,17,24H,2-4,11,13H2,1H3,(H,22,25). The number of carbonyl (C=O) groups excluding carboxylic acids is 1. The molecule has 0 bridgehead atoms. The van der Waals surface area contributed by atoms with E-state index < -0.39 is 16.1 Å². The Morgan fingerprint density at radius 3 is 2.62 bits per heavy atom. The summed E-state index contributed by atoms with van der Waals surface area (Å²) in [7, 11) is -2.57. The Morgan fingerprint density at radius 1 is 1.21 bits per heavy atom. The van der Waals surface area contributed by atoms with E-state index in [1.54, 1.807) is 12.1 Å². The molecule has 0 saturated carbocycles. The van der Waals surface area contributed by atoms with Crippen molar-refractivity contribution in [2.75, 3.05) is 13.7 Å². The van der Waals surface area contributed by atoms with Crippen molar-refractivity contribution in [2.24, 2.45) is 0 Å². The van der Waals surface area contributed by atoms with E-state index in [0.29, 0.717) is 23.6 Å². The number of aromatic hydroxyl groups is 1. The van der Waals surface area contributed by atoms with E-state index in [1.165, 1.54) is 41.7 Å². The van der Waals surface area contributed by atoms with Crippen LogP contribution in [-0.2, 0) is 21.4 Å². The fourth-order valence-electron chi connectivity index (χ4n) is 3.30. The van der Waals surface area contributed by atoms with Gasteiger partial charge in [0.05, 0.1) is 12.0 Å². The Morgan fingerprint density at radius 2 is 1.93 bits per heavy atom. The van der Waals surface area contributed by atoms with E-state index in [4.69, 9.17) is 16.3 Å². The smallest absolute Gasteiger partial charge is 0.244 e. The highest BCUT2D eigenvalue weighted by molar-refractivity contribution is 7.89. The SMILES string of the molecule is COc1cc(CN(C2CCCCNC2=O)S(=O)(=O)c2ccc(Cl)cc2)ccc1O. The number of nitrogens with one attached hydrogen (secondary N) is 1. The number of amides is 1. The number of sulfonamides is 1. The van der Waals surface area contributed by atoms with Gasteiger partial charge in [0.25, 0.3) is 0 Å². The molecule has 1 atom stereocenters. The van der Waals surface area contributed by atoms with Crippen LogP contribution in [0.5, 0.6) is 11.5 Å². The van der Waals surface area contributed by atoms with Crippen molar-refractivity contribution in [2.45, 2.75) is 36.7 Å². The van der Waals surface area contributed by atoms with Crippen molar-refractivity contribution in [1.82, 2.24) is 9.62 Å². The molecule has 1 amide bonds. The van der Waals surface area contributed by atoms with E-state index in [0.717, 1.165) is 12.8 Å². The number of carbonyl (C=O) groups is 1. The quantitative estimate of drug-likeness (QED) is 0.722. The monoisotopic (exact) mass is 438 g/mol.